The second-order valence-corrected chi connectivity index (χ2v) is 8.46. The predicted octanol–water partition coefficient (Wildman–Crippen LogP) is -4.39. The van der Waals surface area contributed by atoms with Crippen molar-refractivity contribution in [3.63, 3.8) is 0 Å². The van der Waals surface area contributed by atoms with Crippen LogP contribution in [0.15, 0.2) is 17.5 Å². The van der Waals surface area contributed by atoms with Crippen LogP contribution >= 0.6 is 0 Å². The van der Waals surface area contributed by atoms with Crippen molar-refractivity contribution >= 4 is 41.5 Å². The number of aromatic amines is 1. The number of aliphatic imine (C=N–C) groups is 1. The van der Waals surface area contributed by atoms with E-state index in [1.807, 2.05) is 5.32 Å². The maximum atomic E-state index is 13.2. The van der Waals surface area contributed by atoms with E-state index in [1.165, 1.54) is 12.5 Å². The minimum atomic E-state index is -1.81. The molecule has 0 aromatic carbocycles. The van der Waals surface area contributed by atoms with Gasteiger partial charge in [-0.25, -0.2) is 9.78 Å². The Labute approximate surface area is 222 Å². The first-order valence-corrected chi connectivity index (χ1v) is 11.7. The van der Waals surface area contributed by atoms with Crippen molar-refractivity contribution in [2.45, 2.75) is 62.7 Å². The number of nitrogens with zero attached hydrogens (tertiary/aromatic N) is 2. The van der Waals surface area contributed by atoms with Crippen molar-refractivity contribution in [1.29, 1.82) is 0 Å². The Morgan fingerprint density at radius 2 is 1.54 bits per heavy atom. The van der Waals surface area contributed by atoms with Gasteiger partial charge in [-0.3, -0.25) is 29.0 Å². The van der Waals surface area contributed by atoms with Gasteiger partial charge in [-0.05, 0) is 19.3 Å². The lowest BCUT2D eigenvalue weighted by Crippen LogP contribution is -2.57. The molecule has 0 aliphatic rings. The van der Waals surface area contributed by atoms with Gasteiger partial charge < -0.3 is 54.1 Å². The fraction of sp³-hybridized carbons (Fsp3) is 0.524. The molecule has 0 spiro atoms. The van der Waals surface area contributed by atoms with E-state index < -0.39 is 66.2 Å². The molecule has 0 radical (unpaired) electrons. The van der Waals surface area contributed by atoms with Crippen LogP contribution in [0.1, 0.15) is 37.8 Å². The lowest BCUT2D eigenvalue weighted by molar-refractivity contribution is -0.147. The zero-order valence-corrected chi connectivity index (χ0v) is 21.0. The Hall–Kier alpha value is -4.74. The third-order valence-corrected chi connectivity index (χ3v) is 5.22. The summed E-state index contributed by atoms with van der Waals surface area (Å²) < 4.78 is 0. The van der Waals surface area contributed by atoms with Gasteiger partial charge in [-0.2, -0.15) is 0 Å². The second-order valence-electron chi connectivity index (χ2n) is 8.46. The van der Waals surface area contributed by atoms with Crippen LogP contribution in [0, 0.1) is 0 Å². The molecule has 0 saturated heterocycles. The highest BCUT2D eigenvalue weighted by Crippen LogP contribution is 2.05. The summed E-state index contributed by atoms with van der Waals surface area (Å²) in [6.07, 6.45) is 1.58. The minimum Gasteiger partial charge on any atom is -0.481 e. The molecule has 4 amide bonds. The largest absolute Gasteiger partial charge is 0.481 e. The lowest BCUT2D eigenvalue weighted by atomic mass is 10.1. The number of aliphatic carboxylic acids is 2. The number of amides is 4. The Morgan fingerprint density at radius 1 is 0.923 bits per heavy atom. The number of imidazole rings is 1. The number of primary amides is 1. The van der Waals surface area contributed by atoms with E-state index in [0.29, 0.717) is 12.1 Å². The number of carboxylic acid groups (broad SMARTS) is 2. The Morgan fingerprint density at radius 3 is 2.08 bits per heavy atom. The highest BCUT2D eigenvalue weighted by molar-refractivity contribution is 5.95. The summed E-state index contributed by atoms with van der Waals surface area (Å²) in [7, 11) is 0. The van der Waals surface area contributed by atoms with Gasteiger partial charge in [0.15, 0.2) is 5.96 Å². The van der Waals surface area contributed by atoms with Gasteiger partial charge in [0, 0.05) is 31.3 Å². The van der Waals surface area contributed by atoms with Gasteiger partial charge in [0.2, 0.25) is 23.6 Å². The fourth-order valence-electron chi connectivity index (χ4n) is 3.23. The van der Waals surface area contributed by atoms with Crippen molar-refractivity contribution in [3.8, 4) is 0 Å². The van der Waals surface area contributed by atoms with E-state index in [-0.39, 0.29) is 38.2 Å². The number of carbonyl (C=O) groups is 6. The molecule has 4 atom stereocenters. The summed E-state index contributed by atoms with van der Waals surface area (Å²) >= 11 is 0. The van der Waals surface area contributed by atoms with Crippen LogP contribution in [-0.4, -0.2) is 92.4 Å². The first-order chi connectivity index (χ1) is 18.3. The summed E-state index contributed by atoms with van der Waals surface area (Å²) in [5.74, 6) is -6.67. The van der Waals surface area contributed by atoms with Crippen LogP contribution < -0.4 is 38.9 Å². The highest BCUT2D eigenvalue weighted by atomic mass is 16.4. The summed E-state index contributed by atoms with van der Waals surface area (Å²) in [6, 6.07) is -5.60. The molecule has 0 aliphatic carbocycles. The number of guanidine groups is 1. The average molecular weight is 555 g/mol. The molecule has 1 heterocycles. The number of aromatic nitrogens is 2. The molecule has 1 rings (SSSR count). The standard InChI is InChI=1S/C21H34N10O8/c22-11(2-1-5-27-21(24)25)17(35)30-13(6-10-8-26-9-28-10)19(37)29-12(3-4-15(23)32)18(36)31-14(20(38)39)7-16(33)34/h8-9,11-14H,1-7,22H2,(H2,23,32)(H,26,28)(H,29,37)(H,30,35)(H,31,36)(H,33,34)(H,38,39)(H4,24,25,27). The molecule has 0 saturated carbocycles. The summed E-state index contributed by atoms with van der Waals surface area (Å²) in [6.45, 7) is 0.233. The first-order valence-electron chi connectivity index (χ1n) is 11.7. The van der Waals surface area contributed by atoms with E-state index in [1.54, 1.807) is 0 Å². The molecule has 0 fully saturated rings. The summed E-state index contributed by atoms with van der Waals surface area (Å²) in [4.78, 5) is 82.6. The molecule has 216 valence electrons. The zero-order chi connectivity index (χ0) is 29.5. The lowest BCUT2D eigenvalue weighted by Gasteiger charge is -2.24. The molecular weight excluding hydrogens is 520 g/mol. The van der Waals surface area contributed by atoms with Gasteiger partial charge in [0.05, 0.1) is 18.8 Å². The molecule has 14 N–H and O–H groups in total. The molecule has 0 aliphatic heterocycles. The fourth-order valence-corrected chi connectivity index (χ4v) is 3.23. The van der Waals surface area contributed by atoms with Crippen molar-refractivity contribution in [3.05, 3.63) is 18.2 Å². The number of nitrogens with two attached hydrogens (primary N) is 4. The van der Waals surface area contributed by atoms with E-state index in [2.05, 4.69) is 25.6 Å². The smallest absolute Gasteiger partial charge is 0.326 e. The van der Waals surface area contributed by atoms with Crippen molar-refractivity contribution in [2.24, 2.45) is 27.9 Å². The van der Waals surface area contributed by atoms with Crippen molar-refractivity contribution in [2.75, 3.05) is 6.54 Å². The van der Waals surface area contributed by atoms with Crippen LogP contribution in [-0.2, 0) is 35.2 Å². The number of nitrogens with one attached hydrogen (secondary N) is 4. The average Bonchev–Trinajstić information content (AvgIpc) is 3.35. The number of carbonyl (C=O) groups excluding carboxylic acids is 4. The monoisotopic (exact) mass is 554 g/mol. The molecule has 4 unspecified atom stereocenters. The number of carboxylic acids is 2. The zero-order valence-electron chi connectivity index (χ0n) is 21.0. The van der Waals surface area contributed by atoms with Crippen LogP contribution in [0.4, 0.5) is 0 Å². The maximum absolute atomic E-state index is 13.2. The van der Waals surface area contributed by atoms with Gasteiger partial charge >= 0.3 is 11.9 Å². The summed E-state index contributed by atoms with van der Waals surface area (Å²) in [5, 5.41) is 25.0. The van der Waals surface area contributed by atoms with Gasteiger partial charge in [-0.15, -0.1) is 0 Å². The topological polar surface area (TPSA) is 324 Å². The molecule has 18 heteroatoms. The minimum absolute atomic E-state index is 0.0980. The van der Waals surface area contributed by atoms with E-state index in [0.717, 1.165) is 0 Å². The predicted molar refractivity (Wildman–Crippen MR) is 134 cm³/mol. The Bertz CT molecular complexity index is 1040. The van der Waals surface area contributed by atoms with Crippen molar-refractivity contribution < 1.29 is 39.0 Å². The van der Waals surface area contributed by atoms with Crippen LogP contribution in [0.3, 0.4) is 0 Å². The number of rotatable bonds is 18. The molecule has 0 bridgehead atoms. The van der Waals surface area contributed by atoms with Gasteiger partial charge in [0.1, 0.15) is 18.1 Å². The van der Waals surface area contributed by atoms with Crippen LogP contribution in [0.5, 0.6) is 0 Å². The first kappa shape index (κ1) is 32.3. The third kappa shape index (κ3) is 12.9. The Balaban J connectivity index is 3.04. The summed E-state index contributed by atoms with van der Waals surface area (Å²) in [5.41, 5.74) is 22.0. The maximum Gasteiger partial charge on any atom is 0.326 e. The number of H-pyrrole nitrogens is 1. The Kier molecular flexibility index (Phi) is 13.4. The van der Waals surface area contributed by atoms with E-state index >= 15 is 0 Å². The molecular formula is C21H34N10O8. The molecule has 18 nitrogen and oxygen atoms in total. The second kappa shape index (κ2) is 16.2. The van der Waals surface area contributed by atoms with Crippen molar-refractivity contribution in [1.82, 2.24) is 25.9 Å². The number of hydrogen-bond acceptors (Lipinski definition) is 9. The van der Waals surface area contributed by atoms with Gasteiger partial charge in [-0.1, -0.05) is 0 Å². The third-order valence-electron chi connectivity index (χ3n) is 5.22. The van der Waals surface area contributed by atoms with Crippen LogP contribution in [0.2, 0.25) is 0 Å². The van der Waals surface area contributed by atoms with E-state index in [9.17, 15) is 33.9 Å². The number of hydrogen-bond donors (Lipinski definition) is 10. The van der Waals surface area contributed by atoms with E-state index in [4.69, 9.17) is 28.0 Å². The SMILES string of the molecule is NC(=O)CCC(NC(=O)C(Cc1cnc[nH]1)NC(=O)C(N)CCCN=C(N)N)C(=O)NC(CC(=O)O)C(=O)O. The molecule has 39 heavy (non-hydrogen) atoms. The van der Waals surface area contributed by atoms with Gasteiger partial charge in [0.25, 0.3) is 0 Å². The normalized spacial score (nSPS) is 13.7. The quantitative estimate of drug-likeness (QED) is 0.0467. The highest BCUT2D eigenvalue weighted by Gasteiger charge is 2.31. The molecule has 1 aromatic heterocycles. The molecule has 1 aromatic rings. The van der Waals surface area contributed by atoms with Crippen LogP contribution in [0.25, 0.3) is 0 Å².